The van der Waals surface area contributed by atoms with E-state index in [-0.39, 0.29) is 26.1 Å². The summed E-state index contributed by atoms with van der Waals surface area (Å²) in [5.74, 6) is -1.00. The van der Waals surface area contributed by atoms with Gasteiger partial charge in [0.05, 0.1) is 40.0 Å². The van der Waals surface area contributed by atoms with E-state index in [1.165, 1.54) is 64.2 Å². The van der Waals surface area contributed by atoms with Gasteiger partial charge in [-0.05, 0) is 38.5 Å². The zero-order chi connectivity index (χ0) is 43.9. The van der Waals surface area contributed by atoms with Crippen molar-refractivity contribution >= 4 is 19.8 Å². The number of carbonyl (C=O) groups excluding carboxylic acids is 2. The van der Waals surface area contributed by atoms with Gasteiger partial charge in [-0.25, -0.2) is 0 Å². The molecule has 0 rings (SSSR count). The van der Waals surface area contributed by atoms with Gasteiger partial charge in [-0.3, -0.25) is 14.2 Å². The fraction of sp³-hybridized carbons (Fsp3) is 0.702. The van der Waals surface area contributed by atoms with Gasteiger partial charge in [0, 0.05) is 12.8 Å². The van der Waals surface area contributed by atoms with E-state index in [2.05, 4.69) is 6.92 Å². The number of quaternary nitrogens is 1. The lowest BCUT2D eigenvalue weighted by Gasteiger charge is -2.28. The van der Waals surface area contributed by atoms with Crippen LogP contribution in [0, 0.1) is 0 Å². The van der Waals surface area contributed by atoms with E-state index >= 15 is 0 Å². The second kappa shape index (κ2) is 38.3. The summed E-state index contributed by atoms with van der Waals surface area (Å²) >= 11 is 0. The van der Waals surface area contributed by atoms with Crippen LogP contribution in [0.1, 0.15) is 149 Å². The molecule has 1 unspecified atom stereocenters. The number of ether oxygens (including phenoxy) is 2. The predicted molar refractivity (Wildman–Crippen MR) is 238 cm³/mol. The Kier molecular flexibility index (Phi) is 36.6. The van der Waals surface area contributed by atoms with Crippen LogP contribution in [0.15, 0.2) is 72.9 Å². The fourth-order valence-electron chi connectivity index (χ4n) is 5.62. The summed E-state index contributed by atoms with van der Waals surface area (Å²) in [4.78, 5) is 37.5. The Hall–Kier alpha value is -2.63. The molecule has 0 aliphatic rings. The van der Waals surface area contributed by atoms with Crippen LogP contribution < -0.4 is 4.89 Å². The van der Waals surface area contributed by atoms with Gasteiger partial charge in [-0.15, -0.1) is 0 Å². The highest BCUT2D eigenvalue weighted by atomic mass is 31.2. The Balaban J connectivity index is 4.58. The number of allylic oxidation sites excluding steroid dienone is 8. The maximum atomic E-state index is 12.7. The van der Waals surface area contributed by atoms with E-state index in [9.17, 15) is 29.3 Å². The number of phosphoric acid groups is 1. The molecule has 59 heavy (non-hydrogen) atoms. The van der Waals surface area contributed by atoms with Gasteiger partial charge < -0.3 is 38.1 Å². The molecule has 4 atom stereocenters. The van der Waals surface area contributed by atoms with Crippen LogP contribution in [0.4, 0.5) is 0 Å². The second-order valence-corrected chi connectivity index (χ2v) is 17.5. The number of hydrogen-bond donors (Lipinski definition) is 2. The van der Waals surface area contributed by atoms with Crippen molar-refractivity contribution in [3.8, 4) is 0 Å². The molecular weight excluding hydrogens is 769 g/mol. The highest BCUT2D eigenvalue weighted by Gasteiger charge is 2.21. The first-order valence-electron chi connectivity index (χ1n) is 22.4. The van der Waals surface area contributed by atoms with E-state index in [4.69, 9.17) is 18.5 Å². The number of carbonyl (C=O) groups is 2. The maximum absolute atomic E-state index is 12.7. The molecule has 0 aromatic rings. The zero-order valence-electron chi connectivity index (χ0n) is 37.4. The second-order valence-electron chi connectivity index (χ2n) is 16.1. The lowest BCUT2D eigenvalue weighted by atomic mass is 10.0. The van der Waals surface area contributed by atoms with E-state index in [0.717, 1.165) is 25.7 Å². The average Bonchev–Trinajstić information content (AvgIpc) is 3.17. The Labute approximate surface area is 358 Å². The molecule has 0 spiro atoms. The largest absolute Gasteiger partial charge is 0.756 e. The number of esters is 2. The summed E-state index contributed by atoms with van der Waals surface area (Å²) in [6.45, 7) is 3.82. The molecule has 0 fully saturated rings. The zero-order valence-corrected chi connectivity index (χ0v) is 38.3. The molecule has 340 valence electrons. The number of likely N-dealkylation sites (N-methyl/N-ethyl adjacent to an activating group) is 1. The summed E-state index contributed by atoms with van der Waals surface area (Å²) in [5, 5.41) is 20.0. The normalized spacial score (nSPS) is 15.3. The van der Waals surface area contributed by atoms with Crippen molar-refractivity contribution in [3.63, 3.8) is 0 Å². The molecule has 2 N–H and O–H groups in total. The number of phosphoric ester groups is 1. The molecule has 0 bridgehead atoms. The van der Waals surface area contributed by atoms with Crippen molar-refractivity contribution in [2.24, 2.45) is 0 Å². The van der Waals surface area contributed by atoms with Crippen LogP contribution in [-0.4, -0.2) is 92.5 Å². The van der Waals surface area contributed by atoms with E-state index in [0.29, 0.717) is 43.1 Å². The topological polar surface area (TPSA) is 152 Å². The maximum Gasteiger partial charge on any atom is 0.306 e. The molecule has 0 saturated heterocycles. The molecule has 0 heterocycles. The van der Waals surface area contributed by atoms with Crippen molar-refractivity contribution in [1.82, 2.24) is 0 Å². The summed E-state index contributed by atoms with van der Waals surface area (Å²) < 4.78 is 33.7. The number of aliphatic hydroxyl groups is 2. The summed E-state index contributed by atoms with van der Waals surface area (Å²) in [6, 6.07) is 0. The summed E-state index contributed by atoms with van der Waals surface area (Å²) in [7, 11) is 1.06. The Morgan fingerprint density at radius 3 is 1.71 bits per heavy atom. The first kappa shape index (κ1) is 56.4. The van der Waals surface area contributed by atoms with E-state index < -0.39 is 44.7 Å². The molecular formula is C47H82NO10P. The molecule has 0 amide bonds. The standard InChI is InChI=1S/C47H82NO10P/c1-6-8-10-11-12-13-14-15-16-17-18-19-24-32-38-47(52)58-45(42-57-59(53,54)56-40-39-48(3,4)5)41-55-46(51)37-31-23-21-20-22-28-34-44(50)36-30-26-25-29-35-43(49)33-27-9-7-2/h9,21-23,25-30,35-36,43-45,49-50H,6-8,10-20,24,31-34,37-42H2,1-5H3/b23-21-,26-25-,27-9-,28-22-,35-29+,36-30+/t43-,44+,45-/m1/s1. The molecule has 0 aliphatic carbocycles. The Bertz CT molecular complexity index is 1270. The molecule has 0 radical (unpaired) electrons. The number of hydrogen-bond acceptors (Lipinski definition) is 10. The molecule has 0 saturated carbocycles. The monoisotopic (exact) mass is 852 g/mol. The average molecular weight is 852 g/mol. The Morgan fingerprint density at radius 2 is 1.17 bits per heavy atom. The van der Waals surface area contributed by atoms with E-state index in [1.54, 1.807) is 36.5 Å². The third kappa shape index (κ3) is 41.9. The van der Waals surface area contributed by atoms with Crippen molar-refractivity contribution < 1.29 is 52.3 Å². The SMILES string of the molecule is CC/C=C\C[C@@H](O)/C=C/C=C\C=C\[C@@H](O)C/C=C\C/C=C\CCC(=O)OC[C@H](COP(=O)([O-])OCC[N+](C)(C)C)OC(=O)CCCCCCCCCCCCCCCC. The minimum Gasteiger partial charge on any atom is -0.756 e. The van der Waals surface area contributed by atoms with Crippen molar-refractivity contribution in [2.75, 3.05) is 47.5 Å². The quantitative estimate of drug-likeness (QED) is 0.0153. The van der Waals surface area contributed by atoms with Gasteiger partial charge in [-0.1, -0.05) is 170 Å². The minimum atomic E-state index is -4.67. The van der Waals surface area contributed by atoms with Crippen LogP contribution in [0.5, 0.6) is 0 Å². The van der Waals surface area contributed by atoms with Gasteiger partial charge >= 0.3 is 11.9 Å². The molecule has 11 nitrogen and oxygen atoms in total. The van der Waals surface area contributed by atoms with Crippen LogP contribution in [0.2, 0.25) is 0 Å². The molecule has 12 heteroatoms. The fourth-order valence-corrected chi connectivity index (χ4v) is 6.35. The van der Waals surface area contributed by atoms with Crippen molar-refractivity contribution in [1.29, 1.82) is 0 Å². The van der Waals surface area contributed by atoms with Crippen LogP contribution >= 0.6 is 7.82 Å². The third-order valence-corrected chi connectivity index (χ3v) is 10.1. The first-order chi connectivity index (χ1) is 28.3. The highest BCUT2D eigenvalue weighted by Crippen LogP contribution is 2.38. The number of unbranched alkanes of at least 4 members (excludes halogenated alkanes) is 13. The summed E-state index contributed by atoms with van der Waals surface area (Å²) in [6.07, 6.45) is 40.1. The number of nitrogens with zero attached hydrogens (tertiary/aromatic N) is 1. The summed E-state index contributed by atoms with van der Waals surface area (Å²) in [5.41, 5.74) is 0. The number of rotatable bonds is 39. The minimum absolute atomic E-state index is 0.0624. The van der Waals surface area contributed by atoms with Gasteiger partial charge in [0.1, 0.15) is 19.8 Å². The van der Waals surface area contributed by atoms with Gasteiger partial charge in [0.15, 0.2) is 6.10 Å². The first-order valence-corrected chi connectivity index (χ1v) is 23.8. The van der Waals surface area contributed by atoms with Crippen molar-refractivity contribution in [2.45, 2.75) is 167 Å². The van der Waals surface area contributed by atoms with Crippen LogP contribution in [0.25, 0.3) is 0 Å². The molecule has 0 aliphatic heterocycles. The van der Waals surface area contributed by atoms with Gasteiger partial charge in [-0.2, -0.15) is 0 Å². The van der Waals surface area contributed by atoms with Crippen molar-refractivity contribution in [3.05, 3.63) is 72.9 Å². The smallest absolute Gasteiger partial charge is 0.306 e. The lowest BCUT2D eigenvalue weighted by Crippen LogP contribution is -2.37. The number of aliphatic hydroxyl groups excluding tert-OH is 2. The van der Waals surface area contributed by atoms with Crippen LogP contribution in [0.3, 0.4) is 0 Å². The lowest BCUT2D eigenvalue weighted by molar-refractivity contribution is -0.870. The Morgan fingerprint density at radius 1 is 0.644 bits per heavy atom. The third-order valence-electron chi connectivity index (χ3n) is 9.17. The molecule has 0 aromatic carbocycles. The predicted octanol–water partition coefficient (Wildman–Crippen LogP) is 9.94. The molecule has 0 aromatic heterocycles. The van der Waals surface area contributed by atoms with Crippen LogP contribution in [-0.2, 0) is 32.7 Å². The van der Waals surface area contributed by atoms with Gasteiger partial charge in [0.2, 0.25) is 0 Å². The van der Waals surface area contributed by atoms with E-state index in [1.807, 2.05) is 64.5 Å². The van der Waals surface area contributed by atoms with Gasteiger partial charge in [0.25, 0.3) is 7.82 Å². The highest BCUT2D eigenvalue weighted by molar-refractivity contribution is 7.45.